The van der Waals surface area contributed by atoms with E-state index in [1.165, 1.54) is 17.8 Å². The van der Waals surface area contributed by atoms with Crippen LogP contribution in [0.1, 0.15) is 10.4 Å². The number of carbonyl (C=O) groups is 1. The third-order valence-electron chi connectivity index (χ3n) is 2.44. The van der Waals surface area contributed by atoms with E-state index in [1.54, 1.807) is 17.8 Å². The van der Waals surface area contributed by atoms with Crippen LogP contribution in [0.25, 0.3) is 0 Å². The fourth-order valence-corrected chi connectivity index (χ4v) is 3.06. The van der Waals surface area contributed by atoms with Gasteiger partial charge >= 0.3 is 0 Å². The van der Waals surface area contributed by atoms with E-state index in [1.807, 2.05) is 30.5 Å². The molecule has 2 aromatic carbocycles. The Bertz CT molecular complexity index is 599. The van der Waals surface area contributed by atoms with E-state index in [2.05, 4.69) is 0 Å². The summed E-state index contributed by atoms with van der Waals surface area (Å²) < 4.78 is 13.1. The van der Waals surface area contributed by atoms with Crippen molar-refractivity contribution in [2.45, 2.75) is 14.7 Å². The first kappa shape index (κ1) is 14.4. The molecule has 0 saturated carbocycles. The molecule has 5 heteroatoms. The Balaban J connectivity index is 2.29. The smallest absolute Gasteiger partial charge is 0.253 e. The Morgan fingerprint density at radius 1 is 1.11 bits per heavy atom. The Hall–Kier alpha value is -0.970. The Morgan fingerprint density at radius 3 is 2.32 bits per heavy atom. The summed E-state index contributed by atoms with van der Waals surface area (Å²) in [5.74, 6) is -0.467. The molecule has 0 radical (unpaired) electrons. The van der Waals surface area contributed by atoms with Crippen molar-refractivity contribution in [2.75, 3.05) is 6.26 Å². The largest absolute Gasteiger partial charge is 0.276 e. The molecule has 0 unspecified atom stereocenters. The van der Waals surface area contributed by atoms with Gasteiger partial charge in [-0.3, -0.25) is 4.79 Å². The molecular weight excluding hydrogens is 303 g/mol. The molecule has 0 aliphatic rings. The summed E-state index contributed by atoms with van der Waals surface area (Å²) in [5.41, 5.74) is 0.195. The minimum Gasteiger partial charge on any atom is -0.276 e. The van der Waals surface area contributed by atoms with E-state index >= 15 is 0 Å². The lowest BCUT2D eigenvalue weighted by molar-refractivity contribution is 0.107. The van der Waals surface area contributed by atoms with E-state index in [0.29, 0.717) is 4.90 Å². The predicted molar refractivity (Wildman–Crippen MR) is 78.9 cm³/mol. The van der Waals surface area contributed by atoms with Crippen LogP contribution in [-0.2, 0) is 0 Å². The van der Waals surface area contributed by atoms with Gasteiger partial charge in [0.05, 0.1) is 5.56 Å². The van der Waals surface area contributed by atoms with Crippen LogP contribution in [0, 0.1) is 5.82 Å². The van der Waals surface area contributed by atoms with Gasteiger partial charge in [0.2, 0.25) is 0 Å². The zero-order valence-electron chi connectivity index (χ0n) is 10.0. The molecule has 2 aromatic rings. The number of halogens is 2. The van der Waals surface area contributed by atoms with Crippen molar-refractivity contribution in [1.29, 1.82) is 0 Å². The molecule has 0 N–H and O–H groups in total. The highest BCUT2D eigenvalue weighted by molar-refractivity contribution is 7.99. The highest BCUT2D eigenvalue weighted by Gasteiger charge is 2.11. The van der Waals surface area contributed by atoms with Gasteiger partial charge in [-0.1, -0.05) is 11.8 Å². The summed E-state index contributed by atoms with van der Waals surface area (Å²) in [6.07, 6.45) is 2.01. The first-order chi connectivity index (χ1) is 9.10. The molecule has 0 amide bonds. The predicted octanol–water partition coefficient (Wildman–Crippen LogP) is 5.08. The number of carbonyl (C=O) groups excluding carboxylic acids is 1. The number of hydrogen-bond donors (Lipinski definition) is 0. The van der Waals surface area contributed by atoms with E-state index in [4.69, 9.17) is 11.6 Å². The lowest BCUT2D eigenvalue weighted by atomic mass is 10.2. The van der Waals surface area contributed by atoms with Gasteiger partial charge in [-0.2, -0.15) is 0 Å². The van der Waals surface area contributed by atoms with Crippen LogP contribution in [0.5, 0.6) is 0 Å². The maximum atomic E-state index is 13.1. The molecular formula is C14H10ClFOS2. The zero-order chi connectivity index (χ0) is 13.8. The fraction of sp³-hybridized carbons (Fsp3) is 0.0714. The monoisotopic (exact) mass is 312 g/mol. The summed E-state index contributed by atoms with van der Waals surface area (Å²) in [7, 11) is 0. The number of thioether (sulfide) groups is 1. The maximum absolute atomic E-state index is 13.1. The van der Waals surface area contributed by atoms with Gasteiger partial charge in [0.15, 0.2) is 0 Å². The molecule has 0 fully saturated rings. The molecule has 2 rings (SSSR count). The topological polar surface area (TPSA) is 17.1 Å². The first-order valence-corrected chi connectivity index (χ1v) is 7.83. The quantitative estimate of drug-likeness (QED) is 0.579. The molecule has 0 aliphatic heterocycles. The summed E-state index contributed by atoms with van der Waals surface area (Å²) in [5, 5.41) is -0.650. The summed E-state index contributed by atoms with van der Waals surface area (Å²) in [6, 6.07) is 12.0. The third-order valence-corrected chi connectivity index (χ3v) is 4.47. The van der Waals surface area contributed by atoms with Crippen LogP contribution in [0.3, 0.4) is 0 Å². The van der Waals surface area contributed by atoms with Gasteiger partial charge in [0.25, 0.3) is 5.24 Å². The second-order valence-corrected chi connectivity index (χ2v) is 6.03. The van der Waals surface area contributed by atoms with Gasteiger partial charge in [-0.05, 0) is 60.3 Å². The Labute approximate surface area is 124 Å². The molecule has 0 aromatic heterocycles. The molecule has 0 atom stereocenters. The first-order valence-electron chi connectivity index (χ1n) is 5.41. The highest BCUT2D eigenvalue weighted by atomic mass is 35.5. The van der Waals surface area contributed by atoms with Crippen LogP contribution < -0.4 is 0 Å². The lowest BCUT2D eigenvalue weighted by Crippen LogP contribution is -1.93. The van der Waals surface area contributed by atoms with Crippen LogP contribution in [0.2, 0.25) is 0 Å². The van der Waals surface area contributed by atoms with Crippen molar-refractivity contribution >= 4 is 40.4 Å². The van der Waals surface area contributed by atoms with Gasteiger partial charge in [-0.25, -0.2) is 4.39 Å². The second-order valence-electron chi connectivity index (χ2n) is 3.69. The fourth-order valence-electron chi connectivity index (χ4n) is 1.52. The summed E-state index contributed by atoms with van der Waals surface area (Å²) >= 11 is 8.52. The molecule has 0 spiro atoms. The van der Waals surface area contributed by atoms with Gasteiger partial charge in [0.1, 0.15) is 5.82 Å². The van der Waals surface area contributed by atoms with Gasteiger partial charge < -0.3 is 0 Å². The van der Waals surface area contributed by atoms with E-state index in [-0.39, 0.29) is 5.56 Å². The average molecular weight is 313 g/mol. The average Bonchev–Trinajstić information content (AvgIpc) is 2.41. The molecule has 0 heterocycles. The van der Waals surface area contributed by atoms with Crippen LogP contribution in [0.4, 0.5) is 4.39 Å². The van der Waals surface area contributed by atoms with Crippen molar-refractivity contribution in [3.8, 4) is 0 Å². The molecule has 19 heavy (non-hydrogen) atoms. The van der Waals surface area contributed by atoms with Crippen LogP contribution in [-0.4, -0.2) is 11.5 Å². The van der Waals surface area contributed by atoms with E-state index in [9.17, 15) is 9.18 Å². The second kappa shape index (κ2) is 6.46. The molecule has 0 bridgehead atoms. The van der Waals surface area contributed by atoms with Crippen molar-refractivity contribution in [3.63, 3.8) is 0 Å². The minimum atomic E-state index is -0.650. The Kier molecular flexibility index (Phi) is 4.91. The molecule has 0 saturated heterocycles. The summed E-state index contributed by atoms with van der Waals surface area (Å²) in [6.45, 7) is 0. The molecule has 1 nitrogen and oxygen atoms in total. The number of rotatable bonds is 4. The standard InChI is InChI=1S/C14H10ClFOS2/c1-18-10-3-5-11(6-4-10)19-13-7-2-9(16)8-12(13)14(15)17/h2-8H,1H3. The number of hydrogen-bond acceptors (Lipinski definition) is 3. The van der Waals surface area contributed by atoms with Crippen molar-refractivity contribution in [3.05, 3.63) is 53.8 Å². The van der Waals surface area contributed by atoms with E-state index < -0.39 is 11.1 Å². The SMILES string of the molecule is CSc1ccc(Sc2ccc(F)cc2C(=O)Cl)cc1. The third kappa shape index (κ3) is 3.75. The lowest BCUT2D eigenvalue weighted by Gasteiger charge is -2.06. The Morgan fingerprint density at radius 2 is 1.74 bits per heavy atom. The van der Waals surface area contributed by atoms with Crippen molar-refractivity contribution in [2.24, 2.45) is 0 Å². The molecule has 98 valence electrons. The molecule has 0 aliphatic carbocycles. The summed E-state index contributed by atoms with van der Waals surface area (Å²) in [4.78, 5) is 14.1. The van der Waals surface area contributed by atoms with Crippen molar-refractivity contribution < 1.29 is 9.18 Å². The maximum Gasteiger partial charge on any atom is 0.253 e. The number of benzene rings is 2. The zero-order valence-corrected chi connectivity index (χ0v) is 12.4. The van der Waals surface area contributed by atoms with Gasteiger partial charge in [-0.15, -0.1) is 11.8 Å². The van der Waals surface area contributed by atoms with Crippen LogP contribution in [0.15, 0.2) is 57.2 Å². The highest BCUT2D eigenvalue weighted by Crippen LogP contribution is 2.32. The van der Waals surface area contributed by atoms with Crippen molar-refractivity contribution in [1.82, 2.24) is 0 Å². The normalized spacial score (nSPS) is 10.5. The van der Waals surface area contributed by atoms with E-state index in [0.717, 1.165) is 15.9 Å². The minimum absolute atomic E-state index is 0.195. The van der Waals surface area contributed by atoms with Gasteiger partial charge in [0, 0.05) is 14.7 Å². The van der Waals surface area contributed by atoms with Crippen LogP contribution >= 0.6 is 35.1 Å².